The number of aldehydes is 1. The van der Waals surface area contributed by atoms with Gasteiger partial charge in [0.2, 0.25) is 0 Å². The summed E-state index contributed by atoms with van der Waals surface area (Å²) in [6, 6.07) is 0. The zero-order valence-corrected chi connectivity index (χ0v) is 7.72. The van der Waals surface area contributed by atoms with E-state index in [2.05, 4.69) is 0 Å². The number of halogens is 1. The van der Waals surface area contributed by atoms with Crippen molar-refractivity contribution in [2.24, 2.45) is 0 Å². The molecule has 0 bridgehead atoms. The van der Waals surface area contributed by atoms with E-state index in [4.69, 9.17) is 0 Å². The van der Waals surface area contributed by atoms with Crippen LogP contribution in [0, 0.1) is 0 Å². The Bertz CT molecular complexity index is 151. The van der Waals surface area contributed by atoms with Crippen molar-refractivity contribution in [3.63, 3.8) is 0 Å². The Morgan fingerprint density at radius 1 is 1.33 bits per heavy atom. The number of hydrogen-bond acceptors (Lipinski definition) is 2. The van der Waals surface area contributed by atoms with Gasteiger partial charge in [-0.25, -0.2) is 4.39 Å². The fraction of sp³-hybridized carbons (Fsp3) is 0.667. The van der Waals surface area contributed by atoms with Crippen LogP contribution in [-0.4, -0.2) is 24.3 Å². The highest BCUT2D eigenvalue weighted by Crippen LogP contribution is 1.99. The molecule has 0 heterocycles. The number of carbonyl (C=O) groups is 1. The van der Waals surface area contributed by atoms with E-state index >= 15 is 0 Å². The molecule has 0 fully saturated rings. The standard InChI is InChI=1S/C9H16FNO/c1-3-5-11(6-4-2)7-9(10)8-12/h7-8H,3-6H2,1-2H3. The Hall–Kier alpha value is -0.860. The number of allylic oxidation sites excluding steroid dienone is 1. The molecule has 3 heteroatoms. The first-order valence-corrected chi connectivity index (χ1v) is 4.31. The third-order valence-electron chi connectivity index (χ3n) is 1.44. The lowest BCUT2D eigenvalue weighted by Gasteiger charge is -2.17. The third kappa shape index (κ3) is 4.88. The Morgan fingerprint density at radius 3 is 2.17 bits per heavy atom. The molecule has 0 aliphatic carbocycles. The summed E-state index contributed by atoms with van der Waals surface area (Å²) in [6.45, 7) is 5.65. The molecule has 2 nitrogen and oxygen atoms in total. The van der Waals surface area contributed by atoms with Crippen molar-refractivity contribution < 1.29 is 9.18 Å². The molecule has 0 spiro atoms. The first-order chi connectivity index (χ1) is 5.74. The quantitative estimate of drug-likeness (QED) is 0.453. The molecule has 0 saturated carbocycles. The third-order valence-corrected chi connectivity index (χ3v) is 1.44. The molecular weight excluding hydrogens is 157 g/mol. The van der Waals surface area contributed by atoms with Crippen molar-refractivity contribution >= 4 is 6.29 Å². The second kappa shape index (κ2) is 6.83. The van der Waals surface area contributed by atoms with E-state index < -0.39 is 5.83 Å². The minimum Gasteiger partial charge on any atom is -0.375 e. The number of nitrogens with zero attached hydrogens (tertiary/aromatic N) is 1. The summed E-state index contributed by atoms with van der Waals surface area (Å²) in [4.78, 5) is 11.8. The highest BCUT2D eigenvalue weighted by molar-refractivity contribution is 5.69. The van der Waals surface area contributed by atoms with Crippen LogP contribution in [0.25, 0.3) is 0 Å². The predicted molar refractivity (Wildman–Crippen MR) is 47.4 cm³/mol. The summed E-state index contributed by atoms with van der Waals surface area (Å²) in [6.07, 6.45) is 3.43. The highest BCUT2D eigenvalue weighted by atomic mass is 19.1. The largest absolute Gasteiger partial charge is 0.375 e. The van der Waals surface area contributed by atoms with E-state index in [1.54, 1.807) is 0 Å². The van der Waals surface area contributed by atoms with Gasteiger partial charge in [0.15, 0.2) is 12.1 Å². The fourth-order valence-corrected chi connectivity index (χ4v) is 1.02. The van der Waals surface area contributed by atoms with Crippen LogP contribution in [0.3, 0.4) is 0 Å². The van der Waals surface area contributed by atoms with Gasteiger partial charge in [-0.15, -0.1) is 0 Å². The van der Waals surface area contributed by atoms with Crippen LogP contribution in [0.4, 0.5) is 4.39 Å². The SMILES string of the molecule is CCCN(C=C(F)C=O)CCC. The monoisotopic (exact) mass is 173 g/mol. The Kier molecular flexibility index (Phi) is 6.34. The van der Waals surface area contributed by atoms with Gasteiger partial charge in [0.05, 0.1) is 0 Å². The summed E-state index contributed by atoms with van der Waals surface area (Å²) >= 11 is 0. The minimum absolute atomic E-state index is 0.234. The van der Waals surface area contributed by atoms with Crippen LogP contribution < -0.4 is 0 Å². The van der Waals surface area contributed by atoms with Gasteiger partial charge >= 0.3 is 0 Å². The second-order valence-electron chi connectivity index (χ2n) is 2.67. The lowest BCUT2D eigenvalue weighted by atomic mass is 10.3. The van der Waals surface area contributed by atoms with E-state index in [9.17, 15) is 9.18 Å². The molecule has 0 saturated heterocycles. The summed E-state index contributed by atoms with van der Waals surface area (Å²) in [5, 5.41) is 0. The molecule has 12 heavy (non-hydrogen) atoms. The first kappa shape index (κ1) is 11.1. The van der Waals surface area contributed by atoms with Crippen molar-refractivity contribution in [3.8, 4) is 0 Å². The lowest BCUT2D eigenvalue weighted by Crippen LogP contribution is -2.19. The maximum atomic E-state index is 12.5. The van der Waals surface area contributed by atoms with Gasteiger partial charge in [-0.05, 0) is 12.8 Å². The smallest absolute Gasteiger partial charge is 0.179 e. The van der Waals surface area contributed by atoms with Crippen LogP contribution in [-0.2, 0) is 4.79 Å². The normalized spacial score (nSPS) is 11.4. The van der Waals surface area contributed by atoms with E-state index in [1.165, 1.54) is 6.20 Å². The molecule has 0 rings (SSSR count). The molecule has 0 atom stereocenters. The van der Waals surface area contributed by atoms with Crippen molar-refractivity contribution in [1.82, 2.24) is 4.90 Å². The Balaban J connectivity index is 4.00. The predicted octanol–water partition coefficient (Wildman–Crippen LogP) is 2.12. The van der Waals surface area contributed by atoms with Gasteiger partial charge in [0, 0.05) is 19.3 Å². The Labute approximate surface area is 73.1 Å². The zero-order chi connectivity index (χ0) is 9.40. The van der Waals surface area contributed by atoms with E-state index in [1.807, 2.05) is 18.7 Å². The molecule has 0 N–H and O–H groups in total. The molecule has 70 valence electrons. The van der Waals surface area contributed by atoms with Crippen molar-refractivity contribution in [2.75, 3.05) is 13.1 Å². The van der Waals surface area contributed by atoms with E-state index in [-0.39, 0.29) is 6.29 Å². The summed E-state index contributed by atoms with van der Waals surface area (Å²) in [5.41, 5.74) is 0. The van der Waals surface area contributed by atoms with Crippen LogP contribution in [0.5, 0.6) is 0 Å². The number of hydrogen-bond donors (Lipinski definition) is 0. The summed E-state index contributed by atoms with van der Waals surface area (Å²) in [7, 11) is 0. The molecule has 0 amide bonds. The number of carbonyl (C=O) groups excluding carboxylic acids is 1. The average Bonchev–Trinajstić information content (AvgIpc) is 2.05. The summed E-state index contributed by atoms with van der Waals surface area (Å²) < 4.78 is 12.5. The van der Waals surface area contributed by atoms with Gasteiger partial charge < -0.3 is 4.90 Å². The Morgan fingerprint density at radius 2 is 1.83 bits per heavy atom. The van der Waals surface area contributed by atoms with Crippen molar-refractivity contribution in [3.05, 3.63) is 12.0 Å². The van der Waals surface area contributed by atoms with Gasteiger partial charge in [0.1, 0.15) is 0 Å². The lowest BCUT2D eigenvalue weighted by molar-refractivity contribution is -0.106. The average molecular weight is 173 g/mol. The molecule has 0 radical (unpaired) electrons. The maximum Gasteiger partial charge on any atom is 0.179 e. The van der Waals surface area contributed by atoms with Gasteiger partial charge in [-0.2, -0.15) is 0 Å². The minimum atomic E-state index is -0.697. The van der Waals surface area contributed by atoms with Crippen LogP contribution in [0.15, 0.2) is 12.0 Å². The molecular formula is C9H16FNO. The van der Waals surface area contributed by atoms with Crippen molar-refractivity contribution in [2.45, 2.75) is 26.7 Å². The van der Waals surface area contributed by atoms with Gasteiger partial charge in [-0.1, -0.05) is 13.8 Å². The van der Waals surface area contributed by atoms with Crippen LogP contribution >= 0.6 is 0 Å². The van der Waals surface area contributed by atoms with Crippen LogP contribution in [0.2, 0.25) is 0 Å². The molecule has 0 unspecified atom stereocenters. The van der Waals surface area contributed by atoms with Crippen molar-refractivity contribution in [1.29, 1.82) is 0 Å². The molecule has 0 aromatic carbocycles. The molecule has 0 aliphatic rings. The van der Waals surface area contributed by atoms with Gasteiger partial charge in [0.25, 0.3) is 0 Å². The highest BCUT2D eigenvalue weighted by Gasteiger charge is 1.98. The zero-order valence-electron chi connectivity index (χ0n) is 7.72. The van der Waals surface area contributed by atoms with E-state index in [0.717, 1.165) is 25.9 Å². The van der Waals surface area contributed by atoms with Gasteiger partial charge in [-0.3, -0.25) is 4.79 Å². The van der Waals surface area contributed by atoms with Crippen LogP contribution in [0.1, 0.15) is 26.7 Å². The summed E-state index contributed by atoms with van der Waals surface area (Å²) in [5.74, 6) is -0.697. The molecule has 0 aromatic heterocycles. The van der Waals surface area contributed by atoms with E-state index in [0.29, 0.717) is 0 Å². The molecule has 0 aliphatic heterocycles. The fourth-order valence-electron chi connectivity index (χ4n) is 1.02. The second-order valence-corrected chi connectivity index (χ2v) is 2.67. The number of rotatable bonds is 6. The topological polar surface area (TPSA) is 20.3 Å². The first-order valence-electron chi connectivity index (χ1n) is 4.31. The maximum absolute atomic E-state index is 12.5. The molecule has 0 aromatic rings.